The first-order valence-corrected chi connectivity index (χ1v) is 13.3. The van der Waals surface area contributed by atoms with E-state index in [1.165, 1.54) is 17.2 Å². The molecule has 8 heteroatoms. The lowest BCUT2D eigenvalue weighted by atomic mass is 9.98. The molecule has 0 aromatic heterocycles. The number of likely N-dealkylation sites (tertiary alicyclic amines) is 1. The molecule has 1 fully saturated rings. The minimum absolute atomic E-state index is 0.0187. The predicted octanol–water partition coefficient (Wildman–Crippen LogP) is 3.59. The summed E-state index contributed by atoms with van der Waals surface area (Å²) in [4.78, 5) is 17.5. The molecular formula is C29H41N3O5. The van der Waals surface area contributed by atoms with E-state index in [2.05, 4.69) is 28.4 Å². The maximum atomic E-state index is 13.3. The summed E-state index contributed by atoms with van der Waals surface area (Å²) in [5.41, 5.74) is 4.48. The summed E-state index contributed by atoms with van der Waals surface area (Å²) in [5.74, 6) is -0.326. The lowest BCUT2D eigenvalue weighted by Gasteiger charge is -2.32. The highest BCUT2D eigenvalue weighted by Crippen LogP contribution is 2.34. The molecule has 0 bridgehead atoms. The van der Waals surface area contributed by atoms with Crippen LogP contribution in [0.15, 0.2) is 30.3 Å². The third-order valence-electron chi connectivity index (χ3n) is 7.38. The molecule has 1 amide bonds. The summed E-state index contributed by atoms with van der Waals surface area (Å²) in [5, 5.41) is 24.1. The van der Waals surface area contributed by atoms with Gasteiger partial charge in [-0.2, -0.15) is 0 Å². The van der Waals surface area contributed by atoms with Crippen LogP contribution < -0.4 is 5.32 Å². The molecule has 4 rings (SSSR count). The van der Waals surface area contributed by atoms with Crippen molar-refractivity contribution in [3.63, 3.8) is 0 Å². The first kappa shape index (κ1) is 27.4. The van der Waals surface area contributed by atoms with E-state index >= 15 is 0 Å². The Labute approximate surface area is 220 Å². The van der Waals surface area contributed by atoms with Crippen molar-refractivity contribution in [3.05, 3.63) is 58.1 Å². The Kier molecular flexibility index (Phi) is 9.43. The Balaban J connectivity index is 1.28. The number of amides is 1. The molecule has 1 saturated heterocycles. The molecule has 2 aliphatic heterocycles. The topological polar surface area (TPSA) is 94.5 Å². The fourth-order valence-electron chi connectivity index (χ4n) is 5.22. The lowest BCUT2D eigenvalue weighted by Crippen LogP contribution is -2.43. The number of fused-ring (bicyclic) bond motifs is 1. The molecule has 3 N–H and O–H groups in total. The normalized spacial score (nSPS) is 16.5. The first-order valence-electron chi connectivity index (χ1n) is 13.3. The zero-order valence-corrected chi connectivity index (χ0v) is 22.3. The van der Waals surface area contributed by atoms with E-state index < -0.39 is 0 Å². The number of aromatic hydroxyl groups is 2. The molecule has 0 aliphatic carbocycles. The van der Waals surface area contributed by atoms with Gasteiger partial charge in [0.05, 0.1) is 25.4 Å². The minimum atomic E-state index is -0.212. The SMILES string of the molecule is COCCOCCNC1CCN(Cc2ccc3c(c2)CN(C(=O)c2cc(C(C)C)c(O)cc2O)C3)CC1. The molecule has 0 atom stereocenters. The van der Waals surface area contributed by atoms with Crippen LogP contribution in [0, 0.1) is 0 Å². The number of methoxy groups -OCH3 is 1. The monoisotopic (exact) mass is 511 g/mol. The van der Waals surface area contributed by atoms with Crippen molar-refractivity contribution in [1.82, 2.24) is 15.1 Å². The number of piperidine rings is 1. The van der Waals surface area contributed by atoms with Crippen LogP contribution in [0.5, 0.6) is 11.5 Å². The maximum absolute atomic E-state index is 13.3. The van der Waals surface area contributed by atoms with Crippen LogP contribution in [-0.2, 0) is 29.1 Å². The highest BCUT2D eigenvalue weighted by molar-refractivity contribution is 5.97. The molecule has 2 heterocycles. The van der Waals surface area contributed by atoms with E-state index in [-0.39, 0.29) is 28.9 Å². The van der Waals surface area contributed by atoms with Gasteiger partial charge < -0.3 is 29.9 Å². The number of rotatable bonds is 11. The van der Waals surface area contributed by atoms with Crippen LogP contribution in [0.1, 0.15) is 65.2 Å². The molecule has 202 valence electrons. The first-order chi connectivity index (χ1) is 17.9. The predicted molar refractivity (Wildman–Crippen MR) is 143 cm³/mol. The zero-order valence-electron chi connectivity index (χ0n) is 22.3. The number of phenols is 2. The Bertz CT molecular complexity index is 1070. The molecule has 0 saturated carbocycles. The summed E-state index contributed by atoms with van der Waals surface area (Å²) in [6.07, 6.45) is 2.25. The molecule has 0 unspecified atom stereocenters. The van der Waals surface area contributed by atoms with Gasteiger partial charge in [0.2, 0.25) is 0 Å². The van der Waals surface area contributed by atoms with E-state index in [0.717, 1.165) is 44.6 Å². The number of hydrogen-bond acceptors (Lipinski definition) is 7. The number of benzene rings is 2. The van der Waals surface area contributed by atoms with Crippen LogP contribution >= 0.6 is 0 Å². The highest BCUT2D eigenvalue weighted by atomic mass is 16.5. The van der Waals surface area contributed by atoms with Crippen LogP contribution in [0.3, 0.4) is 0 Å². The Morgan fingerprint density at radius 3 is 2.51 bits per heavy atom. The number of phenolic OH excluding ortho intramolecular Hbond substituents is 2. The van der Waals surface area contributed by atoms with Crippen LogP contribution in [0.25, 0.3) is 0 Å². The third kappa shape index (κ3) is 7.02. The van der Waals surface area contributed by atoms with Crippen LogP contribution in [-0.4, -0.2) is 78.5 Å². The molecule has 2 aliphatic rings. The van der Waals surface area contributed by atoms with Gasteiger partial charge in [0.25, 0.3) is 5.91 Å². The van der Waals surface area contributed by atoms with E-state index in [9.17, 15) is 15.0 Å². The van der Waals surface area contributed by atoms with Crippen molar-refractivity contribution in [1.29, 1.82) is 0 Å². The summed E-state index contributed by atoms with van der Waals surface area (Å²) < 4.78 is 10.5. The number of nitrogens with zero attached hydrogens (tertiary/aromatic N) is 2. The molecule has 0 spiro atoms. The van der Waals surface area contributed by atoms with E-state index in [4.69, 9.17) is 9.47 Å². The fraction of sp³-hybridized carbons (Fsp3) is 0.552. The van der Waals surface area contributed by atoms with Gasteiger partial charge in [0.15, 0.2) is 0 Å². The molecule has 2 aromatic carbocycles. The Morgan fingerprint density at radius 2 is 1.78 bits per heavy atom. The Morgan fingerprint density at radius 1 is 1.03 bits per heavy atom. The lowest BCUT2D eigenvalue weighted by molar-refractivity contribution is 0.0696. The number of ether oxygens (including phenoxy) is 2. The summed E-state index contributed by atoms with van der Waals surface area (Å²) in [6, 6.07) is 9.96. The number of hydrogen-bond donors (Lipinski definition) is 3. The van der Waals surface area contributed by atoms with Gasteiger partial charge in [0.1, 0.15) is 11.5 Å². The van der Waals surface area contributed by atoms with Gasteiger partial charge in [-0.15, -0.1) is 0 Å². The molecule has 2 aromatic rings. The fourth-order valence-corrected chi connectivity index (χ4v) is 5.22. The van der Waals surface area contributed by atoms with E-state index in [1.54, 1.807) is 18.1 Å². The zero-order chi connectivity index (χ0) is 26.4. The largest absolute Gasteiger partial charge is 0.508 e. The second-order valence-corrected chi connectivity index (χ2v) is 10.5. The number of carbonyl (C=O) groups excluding carboxylic acids is 1. The van der Waals surface area contributed by atoms with Crippen molar-refractivity contribution in [2.45, 2.75) is 58.3 Å². The van der Waals surface area contributed by atoms with Gasteiger partial charge in [-0.3, -0.25) is 9.69 Å². The summed E-state index contributed by atoms with van der Waals surface area (Å²) in [6.45, 7) is 10.8. The maximum Gasteiger partial charge on any atom is 0.258 e. The third-order valence-corrected chi connectivity index (χ3v) is 7.38. The average Bonchev–Trinajstić information content (AvgIpc) is 3.30. The minimum Gasteiger partial charge on any atom is -0.508 e. The van der Waals surface area contributed by atoms with Crippen molar-refractivity contribution < 1.29 is 24.5 Å². The van der Waals surface area contributed by atoms with E-state index in [1.807, 2.05) is 13.8 Å². The van der Waals surface area contributed by atoms with Crippen LogP contribution in [0.4, 0.5) is 0 Å². The average molecular weight is 512 g/mol. The van der Waals surface area contributed by atoms with Gasteiger partial charge in [-0.1, -0.05) is 32.0 Å². The highest BCUT2D eigenvalue weighted by Gasteiger charge is 2.28. The summed E-state index contributed by atoms with van der Waals surface area (Å²) >= 11 is 0. The standard InChI is InChI=1S/C29H41N3O5/c1-20(2)25-15-26(28(34)16-27(25)33)29(35)32-18-22-5-4-21(14-23(22)19-32)17-31-9-6-24(7-10-31)30-8-11-37-13-12-36-3/h4-5,14-16,20,24,30,33-34H,6-13,17-19H2,1-3H3. The van der Waals surface area contributed by atoms with Crippen molar-refractivity contribution in [3.8, 4) is 11.5 Å². The van der Waals surface area contributed by atoms with Gasteiger partial charge >= 0.3 is 0 Å². The van der Waals surface area contributed by atoms with Gasteiger partial charge in [0, 0.05) is 45.4 Å². The van der Waals surface area contributed by atoms with Gasteiger partial charge in [-0.05, 0) is 60.2 Å². The van der Waals surface area contributed by atoms with Gasteiger partial charge in [-0.25, -0.2) is 0 Å². The molecule has 0 radical (unpaired) electrons. The quantitative estimate of drug-likeness (QED) is 0.397. The molecule has 37 heavy (non-hydrogen) atoms. The summed E-state index contributed by atoms with van der Waals surface area (Å²) in [7, 11) is 1.68. The number of carbonyl (C=O) groups is 1. The van der Waals surface area contributed by atoms with Crippen molar-refractivity contribution in [2.24, 2.45) is 0 Å². The Hall–Kier alpha value is -2.65. The smallest absolute Gasteiger partial charge is 0.258 e. The van der Waals surface area contributed by atoms with Crippen molar-refractivity contribution in [2.75, 3.05) is 46.6 Å². The van der Waals surface area contributed by atoms with Crippen molar-refractivity contribution >= 4 is 5.91 Å². The second kappa shape index (κ2) is 12.7. The van der Waals surface area contributed by atoms with E-state index in [0.29, 0.717) is 44.5 Å². The second-order valence-electron chi connectivity index (χ2n) is 10.5. The molecular weight excluding hydrogens is 470 g/mol. The van der Waals surface area contributed by atoms with Crippen LogP contribution in [0.2, 0.25) is 0 Å². The number of nitrogens with one attached hydrogen (secondary N) is 1. The molecule has 8 nitrogen and oxygen atoms in total.